The Bertz CT molecular complexity index is 690. The number of benzene rings is 1. The van der Waals surface area contributed by atoms with E-state index in [2.05, 4.69) is 0 Å². The Labute approximate surface area is 120 Å². The first-order chi connectivity index (χ1) is 9.49. The van der Waals surface area contributed by atoms with E-state index in [1.165, 1.54) is 18.4 Å². The number of rotatable bonds is 3. The molecule has 0 bridgehead atoms. The molecule has 5 nitrogen and oxygen atoms in total. The van der Waals surface area contributed by atoms with Gasteiger partial charge in [0, 0.05) is 10.1 Å². The molecular formula is C14H15NO4S. The van der Waals surface area contributed by atoms with Gasteiger partial charge in [0.25, 0.3) is 0 Å². The van der Waals surface area contributed by atoms with E-state index in [0.717, 1.165) is 10.3 Å². The fraction of sp³-hybridized carbons (Fsp3) is 0.286. The van der Waals surface area contributed by atoms with Crippen LogP contribution in [0.1, 0.15) is 32.5 Å². The summed E-state index contributed by atoms with van der Waals surface area (Å²) in [5.41, 5.74) is 7.55. The Hall–Kier alpha value is -2.08. The molecule has 1 heterocycles. The summed E-state index contributed by atoms with van der Waals surface area (Å²) in [6.45, 7) is 3.88. The molecule has 6 heteroatoms. The van der Waals surface area contributed by atoms with E-state index in [9.17, 15) is 9.59 Å². The Morgan fingerprint density at radius 3 is 2.60 bits per heavy atom. The lowest BCUT2D eigenvalue weighted by Gasteiger charge is -2.05. The summed E-state index contributed by atoms with van der Waals surface area (Å²) in [7, 11) is 1.31. The van der Waals surface area contributed by atoms with Crippen molar-refractivity contribution >= 4 is 39.0 Å². The SMILES string of the molecule is CCOC(=O)c1cc2c(N)c(C(=O)OC)sc2cc1C. The molecule has 0 radical (unpaired) electrons. The maximum absolute atomic E-state index is 11.9. The van der Waals surface area contributed by atoms with E-state index >= 15 is 0 Å². The normalized spacial score (nSPS) is 10.6. The van der Waals surface area contributed by atoms with Crippen LogP contribution in [0.2, 0.25) is 0 Å². The van der Waals surface area contributed by atoms with Crippen LogP contribution < -0.4 is 5.73 Å². The maximum Gasteiger partial charge on any atom is 0.350 e. The molecule has 0 aliphatic carbocycles. The highest BCUT2D eigenvalue weighted by Crippen LogP contribution is 2.36. The van der Waals surface area contributed by atoms with Crippen LogP contribution >= 0.6 is 11.3 Å². The van der Waals surface area contributed by atoms with Gasteiger partial charge in [-0.1, -0.05) is 0 Å². The number of carbonyl (C=O) groups excluding carboxylic acids is 2. The van der Waals surface area contributed by atoms with Crippen LogP contribution in [0.3, 0.4) is 0 Å². The van der Waals surface area contributed by atoms with E-state index in [4.69, 9.17) is 15.2 Å². The summed E-state index contributed by atoms with van der Waals surface area (Å²) >= 11 is 1.25. The van der Waals surface area contributed by atoms with E-state index in [0.29, 0.717) is 28.1 Å². The molecule has 106 valence electrons. The van der Waals surface area contributed by atoms with Crippen molar-refractivity contribution in [1.82, 2.24) is 0 Å². The lowest BCUT2D eigenvalue weighted by Crippen LogP contribution is -2.06. The first-order valence-electron chi connectivity index (χ1n) is 6.07. The van der Waals surface area contributed by atoms with Crippen molar-refractivity contribution < 1.29 is 19.1 Å². The van der Waals surface area contributed by atoms with Crippen LogP contribution in [0.25, 0.3) is 10.1 Å². The second kappa shape index (κ2) is 5.50. The Morgan fingerprint density at radius 2 is 2.00 bits per heavy atom. The van der Waals surface area contributed by atoms with Gasteiger partial charge >= 0.3 is 11.9 Å². The molecule has 0 aliphatic rings. The molecule has 2 N–H and O–H groups in total. The minimum absolute atomic E-state index is 0.308. The number of hydrogen-bond donors (Lipinski definition) is 1. The average Bonchev–Trinajstić information content (AvgIpc) is 2.74. The monoisotopic (exact) mass is 293 g/mol. The second-order valence-electron chi connectivity index (χ2n) is 4.22. The summed E-state index contributed by atoms with van der Waals surface area (Å²) < 4.78 is 10.5. The largest absolute Gasteiger partial charge is 0.465 e. The summed E-state index contributed by atoms with van der Waals surface area (Å²) in [5.74, 6) is -0.865. The third kappa shape index (κ3) is 2.34. The summed E-state index contributed by atoms with van der Waals surface area (Å²) in [4.78, 5) is 23.8. The van der Waals surface area contributed by atoms with Crippen molar-refractivity contribution in [3.05, 3.63) is 28.1 Å². The van der Waals surface area contributed by atoms with Crippen molar-refractivity contribution in [3.63, 3.8) is 0 Å². The first-order valence-corrected chi connectivity index (χ1v) is 6.89. The van der Waals surface area contributed by atoms with Crippen LogP contribution in [0.5, 0.6) is 0 Å². The van der Waals surface area contributed by atoms with Gasteiger partial charge in [0.1, 0.15) is 4.88 Å². The number of nitrogen functional groups attached to an aromatic ring is 1. The van der Waals surface area contributed by atoms with Gasteiger partial charge < -0.3 is 15.2 Å². The average molecular weight is 293 g/mol. The van der Waals surface area contributed by atoms with Gasteiger partial charge in [-0.3, -0.25) is 0 Å². The van der Waals surface area contributed by atoms with E-state index in [-0.39, 0.29) is 0 Å². The number of nitrogens with two attached hydrogens (primary N) is 1. The molecule has 0 spiro atoms. The summed E-state index contributed by atoms with van der Waals surface area (Å²) in [6, 6.07) is 3.50. The Balaban J connectivity index is 2.61. The molecule has 1 aromatic carbocycles. The number of esters is 2. The smallest absolute Gasteiger partial charge is 0.350 e. The highest BCUT2D eigenvalue weighted by atomic mass is 32.1. The van der Waals surface area contributed by atoms with Gasteiger partial charge in [-0.25, -0.2) is 9.59 Å². The zero-order chi connectivity index (χ0) is 14.9. The molecule has 0 amide bonds. The van der Waals surface area contributed by atoms with Gasteiger partial charge in [0.15, 0.2) is 0 Å². The van der Waals surface area contributed by atoms with Gasteiger partial charge in [-0.05, 0) is 31.5 Å². The van der Waals surface area contributed by atoms with Crippen molar-refractivity contribution in [2.24, 2.45) is 0 Å². The Morgan fingerprint density at radius 1 is 1.30 bits per heavy atom. The molecule has 0 unspecified atom stereocenters. The van der Waals surface area contributed by atoms with Crippen molar-refractivity contribution in [2.45, 2.75) is 13.8 Å². The predicted octanol–water partition coefficient (Wildman–Crippen LogP) is 2.76. The number of fused-ring (bicyclic) bond motifs is 1. The van der Waals surface area contributed by atoms with Gasteiger partial charge in [-0.15, -0.1) is 11.3 Å². The number of thiophene rings is 1. The van der Waals surface area contributed by atoms with Crippen LogP contribution in [-0.4, -0.2) is 25.7 Å². The molecule has 0 atom stereocenters. The molecule has 20 heavy (non-hydrogen) atoms. The molecule has 0 fully saturated rings. The second-order valence-corrected chi connectivity index (χ2v) is 5.27. The number of carbonyl (C=O) groups is 2. The minimum atomic E-state index is -0.473. The third-order valence-corrected chi connectivity index (χ3v) is 4.09. The van der Waals surface area contributed by atoms with Gasteiger partial charge in [0.2, 0.25) is 0 Å². The van der Waals surface area contributed by atoms with Crippen molar-refractivity contribution in [3.8, 4) is 0 Å². The van der Waals surface area contributed by atoms with Crippen LogP contribution in [0, 0.1) is 6.92 Å². The number of methoxy groups -OCH3 is 1. The van der Waals surface area contributed by atoms with Crippen LogP contribution in [0.4, 0.5) is 5.69 Å². The predicted molar refractivity (Wildman–Crippen MR) is 78.3 cm³/mol. The van der Waals surface area contributed by atoms with E-state index < -0.39 is 11.9 Å². The quantitative estimate of drug-likeness (QED) is 0.880. The van der Waals surface area contributed by atoms with Crippen molar-refractivity contribution in [1.29, 1.82) is 0 Å². The molecule has 0 saturated carbocycles. The van der Waals surface area contributed by atoms with Crippen molar-refractivity contribution in [2.75, 3.05) is 19.5 Å². The van der Waals surface area contributed by atoms with Crippen LogP contribution in [0.15, 0.2) is 12.1 Å². The molecule has 0 saturated heterocycles. The summed E-state index contributed by atoms with van der Waals surface area (Å²) in [6.07, 6.45) is 0. The third-order valence-electron chi connectivity index (χ3n) is 2.94. The number of aryl methyl sites for hydroxylation is 1. The lowest BCUT2D eigenvalue weighted by atomic mass is 10.1. The number of hydrogen-bond acceptors (Lipinski definition) is 6. The standard InChI is InChI=1S/C14H15NO4S/c1-4-19-13(16)8-6-9-10(5-7(8)2)20-12(11(9)15)14(17)18-3/h5-6H,4,15H2,1-3H3. The number of anilines is 1. The fourth-order valence-corrected chi connectivity index (χ4v) is 3.06. The lowest BCUT2D eigenvalue weighted by molar-refractivity contribution is 0.0525. The highest BCUT2D eigenvalue weighted by Gasteiger charge is 2.19. The minimum Gasteiger partial charge on any atom is -0.465 e. The molecular weight excluding hydrogens is 278 g/mol. The summed E-state index contributed by atoms with van der Waals surface area (Å²) in [5, 5.41) is 0.670. The van der Waals surface area contributed by atoms with E-state index in [1.54, 1.807) is 13.0 Å². The molecule has 2 aromatic rings. The topological polar surface area (TPSA) is 78.6 Å². The fourth-order valence-electron chi connectivity index (χ4n) is 1.94. The molecule has 1 aromatic heterocycles. The Kier molecular flexibility index (Phi) is 3.94. The van der Waals surface area contributed by atoms with Gasteiger partial charge in [0.05, 0.1) is 25.0 Å². The molecule has 0 aliphatic heterocycles. The zero-order valence-corrected chi connectivity index (χ0v) is 12.3. The first kappa shape index (κ1) is 14.3. The zero-order valence-electron chi connectivity index (χ0n) is 11.5. The number of ether oxygens (including phenoxy) is 2. The highest BCUT2D eigenvalue weighted by molar-refractivity contribution is 7.21. The van der Waals surface area contributed by atoms with E-state index in [1.807, 2.05) is 13.0 Å². The molecule has 2 rings (SSSR count). The maximum atomic E-state index is 11.9. The van der Waals surface area contributed by atoms with Gasteiger partial charge in [-0.2, -0.15) is 0 Å². The van der Waals surface area contributed by atoms with Crippen LogP contribution in [-0.2, 0) is 9.47 Å².